The number of oxime groups is 1. The summed E-state index contributed by atoms with van der Waals surface area (Å²) in [5.41, 5.74) is 9.92. The number of aryl methyl sites for hydroxylation is 1. The minimum Gasteiger partial charge on any atom is -0.395 e. The van der Waals surface area contributed by atoms with E-state index in [1.165, 1.54) is 5.56 Å². The molecule has 0 aromatic carbocycles. The van der Waals surface area contributed by atoms with Crippen LogP contribution < -0.4 is 5.73 Å². The zero-order valence-electron chi connectivity index (χ0n) is 21.9. The lowest BCUT2D eigenvalue weighted by Gasteiger charge is -2.37. The molecule has 4 heterocycles. The molecule has 2 aromatic rings. The number of pyridine rings is 2. The lowest BCUT2D eigenvalue weighted by molar-refractivity contribution is -0.138. The molecule has 2 aliphatic rings. The van der Waals surface area contributed by atoms with Crippen LogP contribution >= 0.6 is 0 Å². The number of carbonyl (C=O) groups is 1. The number of aromatic nitrogens is 2. The highest BCUT2D eigenvalue weighted by molar-refractivity contribution is 6.01. The number of piperidine rings is 2. The molecule has 2 aliphatic heterocycles. The average molecular weight is 493 g/mol. The van der Waals surface area contributed by atoms with Crippen LogP contribution in [0.5, 0.6) is 0 Å². The topological polar surface area (TPSA) is 96.9 Å². The van der Waals surface area contributed by atoms with E-state index in [-0.39, 0.29) is 11.8 Å². The first-order valence-electron chi connectivity index (χ1n) is 13.2. The molecule has 0 atom stereocenters. The Hall–Kier alpha value is -3.00. The molecule has 0 radical (unpaired) electrons. The number of likely N-dealkylation sites (tertiary alicyclic amines) is 2. The van der Waals surface area contributed by atoms with Crippen LogP contribution in [0.25, 0.3) is 0 Å². The summed E-state index contributed by atoms with van der Waals surface area (Å²) in [5, 5.41) is 4.56. The number of hydrogen-bond acceptors (Lipinski definition) is 7. The molecule has 8 nitrogen and oxygen atoms in total. The third kappa shape index (κ3) is 6.81. The van der Waals surface area contributed by atoms with Crippen LogP contribution in [-0.4, -0.2) is 64.2 Å². The van der Waals surface area contributed by atoms with Gasteiger partial charge in [0, 0.05) is 43.9 Å². The lowest BCUT2D eigenvalue weighted by Crippen LogP contribution is -2.46. The smallest absolute Gasteiger partial charge is 0.225 e. The van der Waals surface area contributed by atoms with Crippen molar-refractivity contribution in [2.45, 2.75) is 53.0 Å². The average Bonchev–Trinajstić information content (AvgIpc) is 2.87. The monoisotopic (exact) mass is 492 g/mol. The Balaban J connectivity index is 1.31. The summed E-state index contributed by atoms with van der Waals surface area (Å²) < 4.78 is 0. The Labute approximate surface area is 214 Å². The SMILES string of the molecule is Cc1cccnc1/C(=N/OCC(C)C)C1CCN(C(=O)C2CCN(Cc3ccnc(N)c3)CC2)CC1. The molecule has 2 saturated heterocycles. The van der Waals surface area contributed by atoms with Gasteiger partial charge in [0.2, 0.25) is 5.91 Å². The van der Waals surface area contributed by atoms with E-state index in [1.54, 1.807) is 6.20 Å². The number of anilines is 1. The Bertz CT molecular complexity index is 1040. The van der Waals surface area contributed by atoms with Crippen LogP contribution in [0.15, 0.2) is 41.8 Å². The van der Waals surface area contributed by atoms with Gasteiger partial charge < -0.3 is 15.5 Å². The van der Waals surface area contributed by atoms with Crippen LogP contribution in [0.4, 0.5) is 5.82 Å². The summed E-state index contributed by atoms with van der Waals surface area (Å²) >= 11 is 0. The summed E-state index contributed by atoms with van der Waals surface area (Å²) in [7, 11) is 0. The zero-order valence-corrected chi connectivity index (χ0v) is 21.9. The molecule has 194 valence electrons. The highest BCUT2D eigenvalue weighted by Crippen LogP contribution is 2.27. The Morgan fingerprint density at radius 3 is 2.47 bits per heavy atom. The van der Waals surface area contributed by atoms with Crippen LogP contribution in [-0.2, 0) is 16.2 Å². The van der Waals surface area contributed by atoms with Gasteiger partial charge in [0.1, 0.15) is 18.1 Å². The third-order valence-electron chi connectivity index (χ3n) is 7.20. The number of nitrogens with zero attached hydrogens (tertiary/aromatic N) is 5. The lowest BCUT2D eigenvalue weighted by atomic mass is 9.87. The molecule has 0 saturated carbocycles. The summed E-state index contributed by atoms with van der Waals surface area (Å²) in [6, 6.07) is 7.95. The summed E-state index contributed by atoms with van der Waals surface area (Å²) in [6.45, 7) is 11.1. The molecule has 2 N–H and O–H groups in total. The fraction of sp³-hybridized carbons (Fsp3) is 0.571. The molecule has 36 heavy (non-hydrogen) atoms. The van der Waals surface area contributed by atoms with Gasteiger partial charge in [-0.05, 0) is 80.9 Å². The second kappa shape index (κ2) is 12.3. The molecule has 2 fully saturated rings. The van der Waals surface area contributed by atoms with E-state index in [9.17, 15) is 4.79 Å². The summed E-state index contributed by atoms with van der Waals surface area (Å²) in [4.78, 5) is 32.2. The van der Waals surface area contributed by atoms with Crippen molar-refractivity contribution in [1.82, 2.24) is 19.8 Å². The van der Waals surface area contributed by atoms with Crippen LogP contribution in [0.2, 0.25) is 0 Å². The summed E-state index contributed by atoms with van der Waals surface area (Å²) in [5.74, 6) is 1.63. The zero-order chi connectivity index (χ0) is 25.5. The van der Waals surface area contributed by atoms with Gasteiger partial charge in [-0.15, -0.1) is 0 Å². The van der Waals surface area contributed by atoms with Crippen LogP contribution in [0.3, 0.4) is 0 Å². The Kier molecular flexibility index (Phi) is 8.91. The van der Waals surface area contributed by atoms with E-state index in [2.05, 4.69) is 51.8 Å². The van der Waals surface area contributed by atoms with E-state index < -0.39 is 0 Å². The maximum absolute atomic E-state index is 13.3. The van der Waals surface area contributed by atoms with Crippen molar-refractivity contribution in [3.05, 3.63) is 53.5 Å². The first-order valence-corrected chi connectivity index (χ1v) is 13.2. The standard InChI is InChI=1S/C28H40N6O2/c1-20(2)19-36-32-27(26-21(3)5-4-11-31-26)23-9-15-34(16-10-23)28(35)24-7-13-33(14-8-24)18-22-6-12-30-25(29)17-22/h4-6,11-12,17,20,23-24H,7-10,13-16,18-19H2,1-3H3,(H2,29,30)/b32-27+. The van der Waals surface area contributed by atoms with E-state index in [0.717, 1.165) is 75.4 Å². The van der Waals surface area contributed by atoms with Crippen LogP contribution in [0.1, 0.15) is 56.4 Å². The fourth-order valence-corrected chi connectivity index (χ4v) is 5.14. The van der Waals surface area contributed by atoms with Crippen molar-refractivity contribution >= 4 is 17.4 Å². The number of carbonyl (C=O) groups excluding carboxylic acids is 1. The molecule has 0 spiro atoms. The number of hydrogen-bond donors (Lipinski definition) is 1. The quantitative estimate of drug-likeness (QED) is 0.444. The maximum Gasteiger partial charge on any atom is 0.225 e. The Morgan fingerprint density at radius 1 is 1.08 bits per heavy atom. The summed E-state index contributed by atoms with van der Waals surface area (Å²) in [6.07, 6.45) is 7.15. The highest BCUT2D eigenvalue weighted by Gasteiger charge is 2.33. The minimum atomic E-state index is 0.112. The largest absolute Gasteiger partial charge is 0.395 e. The minimum absolute atomic E-state index is 0.112. The normalized spacial score (nSPS) is 18.6. The highest BCUT2D eigenvalue weighted by atomic mass is 16.6. The van der Waals surface area contributed by atoms with Crippen molar-refractivity contribution < 1.29 is 9.63 Å². The molecular formula is C28H40N6O2. The van der Waals surface area contributed by atoms with Gasteiger partial charge in [-0.3, -0.25) is 14.7 Å². The van der Waals surface area contributed by atoms with Gasteiger partial charge in [-0.25, -0.2) is 4.98 Å². The molecule has 8 heteroatoms. The molecule has 0 aliphatic carbocycles. The fourth-order valence-electron chi connectivity index (χ4n) is 5.14. The van der Waals surface area contributed by atoms with Gasteiger partial charge in [0.05, 0.1) is 5.69 Å². The number of rotatable bonds is 8. The van der Waals surface area contributed by atoms with Gasteiger partial charge in [0.25, 0.3) is 0 Å². The molecule has 4 rings (SSSR count). The first kappa shape index (κ1) is 26.1. The second-order valence-corrected chi connectivity index (χ2v) is 10.6. The predicted molar refractivity (Wildman–Crippen MR) is 142 cm³/mol. The maximum atomic E-state index is 13.3. The van der Waals surface area contributed by atoms with Crippen molar-refractivity contribution in [2.24, 2.45) is 22.9 Å². The molecule has 0 bridgehead atoms. The predicted octanol–water partition coefficient (Wildman–Crippen LogP) is 3.89. The van der Waals surface area contributed by atoms with Gasteiger partial charge in [-0.1, -0.05) is 25.1 Å². The van der Waals surface area contributed by atoms with Crippen molar-refractivity contribution in [3.8, 4) is 0 Å². The number of amides is 1. The number of nitrogens with two attached hydrogens (primary N) is 1. The third-order valence-corrected chi connectivity index (χ3v) is 7.20. The van der Waals surface area contributed by atoms with E-state index in [0.29, 0.717) is 24.2 Å². The van der Waals surface area contributed by atoms with Crippen molar-refractivity contribution in [1.29, 1.82) is 0 Å². The van der Waals surface area contributed by atoms with E-state index in [1.807, 2.05) is 24.4 Å². The van der Waals surface area contributed by atoms with E-state index in [4.69, 9.17) is 10.6 Å². The van der Waals surface area contributed by atoms with Crippen molar-refractivity contribution in [2.75, 3.05) is 38.5 Å². The van der Waals surface area contributed by atoms with Gasteiger partial charge >= 0.3 is 0 Å². The first-order chi connectivity index (χ1) is 17.4. The van der Waals surface area contributed by atoms with Crippen LogP contribution in [0, 0.1) is 24.7 Å². The van der Waals surface area contributed by atoms with Gasteiger partial charge in [-0.2, -0.15) is 0 Å². The molecule has 2 aromatic heterocycles. The Morgan fingerprint density at radius 2 is 1.81 bits per heavy atom. The van der Waals surface area contributed by atoms with Crippen molar-refractivity contribution in [3.63, 3.8) is 0 Å². The van der Waals surface area contributed by atoms with E-state index >= 15 is 0 Å². The van der Waals surface area contributed by atoms with Gasteiger partial charge in [0.15, 0.2) is 0 Å². The molecule has 0 unspecified atom stereocenters. The second-order valence-electron chi connectivity index (χ2n) is 10.6. The molecule has 1 amide bonds. The number of nitrogen functional groups attached to an aromatic ring is 1. The molecular weight excluding hydrogens is 452 g/mol.